The predicted molar refractivity (Wildman–Crippen MR) is 121 cm³/mol. The molecule has 0 amide bonds. The Balaban J connectivity index is 0.00000480. The van der Waals surface area contributed by atoms with Crippen molar-refractivity contribution in [1.82, 2.24) is 9.80 Å². The van der Waals surface area contributed by atoms with Crippen LogP contribution in [0.4, 0.5) is 5.69 Å². The zero-order valence-electron chi connectivity index (χ0n) is 18.4. The number of nitro groups is 1. The molecule has 2 rings (SSSR count). The van der Waals surface area contributed by atoms with Crippen LogP contribution in [0.1, 0.15) is 32.8 Å². The minimum Gasteiger partial charge on any atom is -0.459 e. The zero-order valence-corrected chi connectivity index (χ0v) is 19.4. The van der Waals surface area contributed by atoms with E-state index in [1.54, 1.807) is 12.1 Å². The van der Waals surface area contributed by atoms with Crippen molar-refractivity contribution in [2.45, 2.75) is 45.4 Å². The summed E-state index contributed by atoms with van der Waals surface area (Å²) in [6, 6.07) is 8.67. The minimum absolute atomic E-state index is 0. The van der Waals surface area contributed by atoms with Crippen LogP contribution in [0.3, 0.4) is 0 Å². The summed E-state index contributed by atoms with van der Waals surface area (Å²) in [4.78, 5) is 27.1. The summed E-state index contributed by atoms with van der Waals surface area (Å²) in [6.07, 6.45) is 0.319. The van der Waals surface area contributed by atoms with Crippen LogP contribution in [0.25, 0.3) is 0 Å². The number of esters is 1. The fourth-order valence-electron chi connectivity index (χ4n) is 3.36. The Morgan fingerprint density at radius 2 is 2.10 bits per heavy atom. The number of carbonyl (C=O) groups excluding carboxylic acids is 1. The van der Waals surface area contributed by atoms with Crippen molar-refractivity contribution < 1.29 is 19.2 Å². The molecule has 1 unspecified atom stereocenters. The molecule has 9 nitrogen and oxygen atoms in total. The minimum atomic E-state index is -0.527. The second-order valence-electron chi connectivity index (χ2n) is 8.36. The van der Waals surface area contributed by atoms with Crippen molar-refractivity contribution in [1.29, 1.82) is 5.26 Å². The van der Waals surface area contributed by atoms with E-state index in [9.17, 15) is 14.9 Å². The molecule has 31 heavy (non-hydrogen) atoms. The van der Waals surface area contributed by atoms with E-state index in [2.05, 4.69) is 11.0 Å². The number of hydrogen-bond acceptors (Lipinski definition) is 8. The van der Waals surface area contributed by atoms with Gasteiger partial charge in [-0.25, -0.2) is 0 Å². The third kappa shape index (κ3) is 9.65. The lowest BCUT2D eigenvalue weighted by Gasteiger charge is -2.41. The lowest BCUT2D eigenvalue weighted by Crippen LogP contribution is -2.55. The Bertz CT molecular complexity index is 778. The number of nitriles is 1. The number of benzene rings is 1. The van der Waals surface area contributed by atoms with Gasteiger partial charge in [0.1, 0.15) is 5.60 Å². The molecule has 172 valence electrons. The lowest BCUT2D eigenvalue weighted by molar-refractivity contribution is -0.384. The molecule has 0 radical (unpaired) electrons. The molecule has 0 saturated carbocycles. The number of rotatable bonds is 9. The van der Waals surface area contributed by atoms with Gasteiger partial charge in [0.15, 0.2) is 0 Å². The fourth-order valence-corrected chi connectivity index (χ4v) is 3.36. The molecule has 0 N–H and O–H groups in total. The molecule has 1 aliphatic heterocycles. The van der Waals surface area contributed by atoms with Crippen LogP contribution >= 0.6 is 13.5 Å². The Morgan fingerprint density at radius 3 is 2.74 bits per heavy atom. The number of nitrogens with zero attached hydrogens (tertiary/aromatic N) is 4. The average molecular weight is 453 g/mol. The lowest BCUT2D eigenvalue weighted by atomic mass is 10.1. The van der Waals surface area contributed by atoms with Crippen LogP contribution in [-0.2, 0) is 20.8 Å². The molecule has 1 fully saturated rings. The van der Waals surface area contributed by atoms with Gasteiger partial charge >= 0.3 is 5.97 Å². The maximum Gasteiger partial charge on any atom is 0.320 e. The van der Waals surface area contributed by atoms with Crippen LogP contribution in [-0.4, -0.2) is 71.7 Å². The Kier molecular flexibility index (Phi) is 10.9. The SMILES string of the molecule is CC(C)(C)OC(=O)CN1CCN(Cc2cccc([N+](=O)[O-])c2)C(COCCC#N)C1.S. The first-order valence-electron chi connectivity index (χ1n) is 10.0. The quantitative estimate of drug-likeness (QED) is 0.243. The van der Waals surface area contributed by atoms with Crippen molar-refractivity contribution in [3.05, 3.63) is 39.9 Å². The standard InChI is InChI=1S/C21H30N4O5.H2S/c1-21(2,3)30-20(26)15-23-9-10-24(19(14-23)16-29-11-5-8-22)13-17-6-4-7-18(12-17)25(27)28;/h4,6-7,12,19H,5,9-11,13-16H2,1-3H3;1H2. The molecule has 0 aliphatic carbocycles. The first kappa shape index (κ1) is 26.8. The summed E-state index contributed by atoms with van der Waals surface area (Å²) in [5.74, 6) is -0.265. The molecular formula is C21H32N4O5S. The van der Waals surface area contributed by atoms with Crippen LogP contribution in [0.2, 0.25) is 0 Å². The van der Waals surface area contributed by atoms with E-state index in [4.69, 9.17) is 14.7 Å². The highest BCUT2D eigenvalue weighted by Crippen LogP contribution is 2.19. The van der Waals surface area contributed by atoms with Crippen molar-refractivity contribution in [3.8, 4) is 6.07 Å². The van der Waals surface area contributed by atoms with E-state index in [1.807, 2.05) is 31.7 Å². The summed E-state index contributed by atoms with van der Waals surface area (Å²) >= 11 is 0. The van der Waals surface area contributed by atoms with Gasteiger partial charge < -0.3 is 9.47 Å². The Labute approximate surface area is 190 Å². The summed E-state index contributed by atoms with van der Waals surface area (Å²) in [6.45, 7) is 9.03. The van der Waals surface area contributed by atoms with Crippen molar-refractivity contribution in [3.63, 3.8) is 0 Å². The van der Waals surface area contributed by atoms with E-state index >= 15 is 0 Å². The maximum absolute atomic E-state index is 12.2. The smallest absolute Gasteiger partial charge is 0.320 e. The summed E-state index contributed by atoms with van der Waals surface area (Å²) < 4.78 is 11.1. The van der Waals surface area contributed by atoms with Gasteiger partial charge in [0, 0.05) is 44.4 Å². The van der Waals surface area contributed by atoms with Gasteiger partial charge in [0.2, 0.25) is 0 Å². The van der Waals surface area contributed by atoms with Crippen molar-refractivity contribution >= 4 is 25.2 Å². The first-order valence-corrected chi connectivity index (χ1v) is 10.0. The fraction of sp³-hybridized carbons (Fsp3) is 0.619. The molecule has 1 aromatic rings. The zero-order chi connectivity index (χ0) is 22.1. The molecule has 1 saturated heterocycles. The number of piperazine rings is 1. The molecule has 10 heteroatoms. The highest BCUT2D eigenvalue weighted by molar-refractivity contribution is 7.59. The van der Waals surface area contributed by atoms with E-state index in [0.717, 1.165) is 5.56 Å². The highest BCUT2D eigenvalue weighted by Gasteiger charge is 2.29. The van der Waals surface area contributed by atoms with Gasteiger partial charge in [-0.2, -0.15) is 18.8 Å². The molecule has 1 aliphatic rings. The van der Waals surface area contributed by atoms with Crippen LogP contribution in [0.5, 0.6) is 0 Å². The van der Waals surface area contributed by atoms with Gasteiger partial charge in [0.25, 0.3) is 5.69 Å². The molecular weight excluding hydrogens is 420 g/mol. The highest BCUT2D eigenvalue weighted by atomic mass is 32.1. The van der Waals surface area contributed by atoms with Gasteiger partial charge in [-0.3, -0.25) is 24.7 Å². The van der Waals surface area contributed by atoms with E-state index in [-0.39, 0.29) is 37.7 Å². The summed E-state index contributed by atoms with van der Waals surface area (Å²) in [5, 5.41) is 19.8. The van der Waals surface area contributed by atoms with Gasteiger partial charge in [0.05, 0.1) is 37.2 Å². The van der Waals surface area contributed by atoms with Crippen LogP contribution in [0, 0.1) is 21.4 Å². The van der Waals surface area contributed by atoms with E-state index in [1.165, 1.54) is 6.07 Å². The number of ether oxygens (including phenoxy) is 2. The molecule has 0 bridgehead atoms. The summed E-state index contributed by atoms with van der Waals surface area (Å²) in [7, 11) is 0. The molecule has 1 atom stereocenters. The second-order valence-corrected chi connectivity index (χ2v) is 8.36. The molecule has 0 aromatic heterocycles. The van der Waals surface area contributed by atoms with Gasteiger partial charge in [-0.15, -0.1) is 0 Å². The topological polar surface area (TPSA) is 109 Å². The summed E-state index contributed by atoms with van der Waals surface area (Å²) in [5.41, 5.74) is 0.394. The largest absolute Gasteiger partial charge is 0.459 e. The predicted octanol–water partition coefficient (Wildman–Crippen LogP) is 2.47. The van der Waals surface area contributed by atoms with Gasteiger partial charge in [-0.05, 0) is 26.3 Å². The monoisotopic (exact) mass is 452 g/mol. The Morgan fingerprint density at radius 1 is 1.35 bits per heavy atom. The third-order valence-electron chi connectivity index (χ3n) is 4.64. The van der Waals surface area contributed by atoms with Gasteiger partial charge in [-0.1, -0.05) is 12.1 Å². The van der Waals surface area contributed by atoms with Crippen molar-refractivity contribution in [2.24, 2.45) is 0 Å². The molecule has 1 aromatic carbocycles. The first-order chi connectivity index (χ1) is 14.2. The van der Waals surface area contributed by atoms with Crippen LogP contribution in [0.15, 0.2) is 24.3 Å². The number of nitro benzene ring substituents is 1. The molecule has 1 heterocycles. The second kappa shape index (κ2) is 12.6. The normalized spacial score (nSPS) is 17.4. The molecule has 0 spiro atoms. The third-order valence-corrected chi connectivity index (χ3v) is 4.64. The van der Waals surface area contributed by atoms with Crippen molar-refractivity contribution in [2.75, 3.05) is 39.4 Å². The van der Waals surface area contributed by atoms with Crippen LogP contribution < -0.4 is 0 Å². The van der Waals surface area contributed by atoms with E-state index in [0.29, 0.717) is 45.8 Å². The number of carbonyl (C=O) groups is 1. The van der Waals surface area contributed by atoms with E-state index < -0.39 is 10.5 Å². The number of non-ortho nitro benzene ring substituents is 1. The Hall–Kier alpha value is -2.19. The number of hydrogen-bond donors (Lipinski definition) is 0. The maximum atomic E-state index is 12.2. The average Bonchev–Trinajstić information content (AvgIpc) is 2.65.